The summed E-state index contributed by atoms with van der Waals surface area (Å²) >= 11 is 1.43. The number of carbonyl (C=O) groups is 1. The maximum absolute atomic E-state index is 11.8. The molecule has 0 aromatic carbocycles. The van der Waals surface area contributed by atoms with Crippen LogP contribution in [0.3, 0.4) is 0 Å². The molecule has 0 fully saturated rings. The minimum atomic E-state index is -0.0563. The van der Waals surface area contributed by atoms with Gasteiger partial charge in [-0.1, -0.05) is 6.07 Å². The lowest BCUT2D eigenvalue weighted by molar-refractivity contribution is 0.0959. The second kappa shape index (κ2) is 7.01. The van der Waals surface area contributed by atoms with Crippen LogP contribution in [0.1, 0.15) is 15.5 Å². The van der Waals surface area contributed by atoms with Gasteiger partial charge in [0.2, 0.25) is 0 Å². The van der Waals surface area contributed by atoms with Crippen LogP contribution in [-0.2, 0) is 0 Å². The molecule has 23 heavy (non-hydrogen) atoms. The lowest BCUT2D eigenvalue weighted by atomic mass is 10.4. The molecule has 7 nitrogen and oxygen atoms in total. The molecule has 1 amide bonds. The molecule has 3 aromatic heterocycles. The van der Waals surface area contributed by atoms with Gasteiger partial charge in [-0.05, 0) is 18.4 Å². The average Bonchev–Trinajstić information content (AvgIpc) is 3.23. The van der Waals surface area contributed by atoms with E-state index in [1.807, 2.05) is 35.2 Å². The normalized spacial score (nSPS) is 10.5. The highest BCUT2D eigenvalue weighted by Gasteiger charge is 2.06. The summed E-state index contributed by atoms with van der Waals surface area (Å²) < 4.78 is 1.88. The topological polar surface area (TPSA) is 84.7 Å². The van der Waals surface area contributed by atoms with E-state index in [-0.39, 0.29) is 5.91 Å². The fraction of sp³-hybridized carbons (Fsp3) is 0.200. The molecular weight excluding hydrogens is 312 g/mol. The van der Waals surface area contributed by atoms with Crippen LogP contribution < -0.4 is 10.6 Å². The minimum absolute atomic E-state index is 0.0563. The third-order valence-corrected chi connectivity index (χ3v) is 4.06. The van der Waals surface area contributed by atoms with Crippen LogP contribution in [0.4, 0.5) is 5.82 Å². The highest BCUT2D eigenvalue weighted by Crippen LogP contribution is 2.10. The summed E-state index contributed by atoms with van der Waals surface area (Å²) in [7, 11) is 0. The molecule has 0 saturated carbocycles. The zero-order valence-corrected chi connectivity index (χ0v) is 13.4. The number of hydrogen-bond acceptors (Lipinski definition) is 6. The predicted molar refractivity (Wildman–Crippen MR) is 89.0 cm³/mol. The fourth-order valence-electron chi connectivity index (χ4n) is 2.06. The highest BCUT2D eigenvalue weighted by molar-refractivity contribution is 7.12. The first-order valence-electron chi connectivity index (χ1n) is 7.12. The molecule has 0 aliphatic carbocycles. The van der Waals surface area contributed by atoms with Gasteiger partial charge in [0.05, 0.1) is 4.88 Å². The first kappa shape index (κ1) is 15.2. The van der Waals surface area contributed by atoms with Crippen LogP contribution in [0.5, 0.6) is 0 Å². The van der Waals surface area contributed by atoms with Crippen molar-refractivity contribution in [2.75, 3.05) is 18.4 Å². The van der Waals surface area contributed by atoms with Crippen molar-refractivity contribution in [1.29, 1.82) is 0 Å². The molecule has 0 spiro atoms. The first-order chi connectivity index (χ1) is 11.2. The maximum atomic E-state index is 11.8. The second-order valence-corrected chi connectivity index (χ2v) is 5.71. The lowest BCUT2D eigenvalue weighted by Gasteiger charge is -2.08. The summed E-state index contributed by atoms with van der Waals surface area (Å²) in [5.41, 5.74) is 0. The van der Waals surface area contributed by atoms with Crippen LogP contribution in [0.25, 0.3) is 5.82 Å². The smallest absolute Gasteiger partial charge is 0.261 e. The van der Waals surface area contributed by atoms with E-state index < -0.39 is 0 Å². The van der Waals surface area contributed by atoms with Gasteiger partial charge in [-0.3, -0.25) is 9.36 Å². The Balaban J connectivity index is 1.53. The van der Waals surface area contributed by atoms with E-state index in [0.29, 0.717) is 23.8 Å². The van der Waals surface area contributed by atoms with E-state index in [2.05, 4.69) is 25.6 Å². The third-order valence-electron chi connectivity index (χ3n) is 3.19. The molecule has 0 atom stereocenters. The molecule has 0 saturated heterocycles. The van der Waals surface area contributed by atoms with Crippen LogP contribution >= 0.6 is 11.3 Å². The molecular formula is C15H16N6OS. The number of nitrogens with one attached hydrogen (secondary N) is 2. The number of amides is 1. The first-order valence-corrected chi connectivity index (χ1v) is 8.00. The Bertz CT molecular complexity index is 783. The Morgan fingerprint density at radius 3 is 2.96 bits per heavy atom. The van der Waals surface area contributed by atoms with Gasteiger partial charge in [0.25, 0.3) is 5.91 Å². The molecule has 0 unspecified atom stereocenters. The summed E-state index contributed by atoms with van der Waals surface area (Å²) in [6.45, 7) is 3.01. The van der Waals surface area contributed by atoms with Crippen LogP contribution in [0, 0.1) is 6.92 Å². The van der Waals surface area contributed by atoms with Crippen LogP contribution in [0.2, 0.25) is 0 Å². The summed E-state index contributed by atoms with van der Waals surface area (Å²) in [5, 5.41) is 7.91. The lowest BCUT2D eigenvalue weighted by Crippen LogP contribution is -2.28. The van der Waals surface area contributed by atoms with Crippen molar-refractivity contribution in [1.82, 2.24) is 24.8 Å². The van der Waals surface area contributed by atoms with E-state index in [9.17, 15) is 4.79 Å². The zero-order chi connectivity index (χ0) is 16.1. The minimum Gasteiger partial charge on any atom is -0.368 e. The molecule has 118 valence electrons. The quantitative estimate of drug-likeness (QED) is 0.675. The molecule has 0 aliphatic heterocycles. The Labute approximate surface area is 137 Å². The zero-order valence-electron chi connectivity index (χ0n) is 12.6. The number of carbonyl (C=O) groups excluding carboxylic acids is 1. The third kappa shape index (κ3) is 3.72. The Morgan fingerprint density at radius 2 is 2.22 bits per heavy atom. The molecule has 3 aromatic rings. The number of thiophene rings is 1. The molecule has 0 radical (unpaired) electrons. The van der Waals surface area contributed by atoms with Crippen molar-refractivity contribution in [3.63, 3.8) is 0 Å². The standard InChI is InChI=1S/C15H16N6OS/c1-11-16-6-7-21(11)14-9-13(19-10-20-14)17-4-5-18-15(22)12-3-2-8-23-12/h2-3,6-10H,4-5H2,1H3,(H,18,22)(H,17,19,20). The fourth-order valence-corrected chi connectivity index (χ4v) is 2.70. The monoisotopic (exact) mass is 328 g/mol. The van der Waals surface area contributed by atoms with Gasteiger partial charge in [-0.15, -0.1) is 11.3 Å². The average molecular weight is 328 g/mol. The summed E-state index contributed by atoms with van der Waals surface area (Å²) in [6.07, 6.45) is 5.08. The Kier molecular flexibility index (Phi) is 4.62. The molecule has 3 heterocycles. The molecule has 0 aliphatic rings. The van der Waals surface area contributed by atoms with E-state index in [4.69, 9.17) is 0 Å². The number of nitrogens with zero attached hydrogens (tertiary/aromatic N) is 4. The molecule has 2 N–H and O–H groups in total. The van der Waals surface area contributed by atoms with Crippen LogP contribution in [0.15, 0.2) is 42.3 Å². The second-order valence-electron chi connectivity index (χ2n) is 4.77. The van der Waals surface area contributed by atoms with Gasteiger partial charge in [0, 0.05) is 31.5 Å². The van der Waals surface area contributed by atoms with Crippen molar-refractivity contribution < 1.29 is 4.79 Å². The predicted octanol–water partition coefficient (Wildman–Crippen LogP) is 1.87. The molecule has 8 heteroatoms. The van der Waals surface area contributed by atoms with Crippen molar-refractivity contribution in [3.05, 3.63) is 53.0 Å². The molecule has 3 rings (SSSR count). The highest BCUT2D eigenvalue weighted by atomic mass is 32.1. The number of rotatable bonds is 6. The summed E-state index contributed by atoms with van der Waals surface area (Å²) in [5.74, 6) is 2.26. The summed E-state index contributed by atoms with van der Waals surface area (Å²) in [4.78, 5) is 25.1. The van der Waals surface area contributed by atoms with E-state index >= 15 is 0 Å². The van der Waals surface area contributed by atoms with Gasteiger partial charge in [-0.2, -0.15) is 0 Å². The van der Waals surface area contributed by atoms with Crippen LogP contribution in [-0.4, -0.2) is 38.5 Å². The Hall–Kier alpha value is -2.74. The SMILES string of the molecule is Cc1nccn1-c1cc(NCCNC(=O)c2cccs2)ncn1. The van der Waals surface area contributed by atoms with E-state index in [1.165, 1.54) is 17.7 Å². The van der Waals surface area contributed by atoms with Gasteiger partial charge in [0.15, 0.2) is 0 Å². The maximum Gasteiger partial charge on any atom is 0.261 e. The number of hydrogen-bond donors (Lipinski definition) is 2. The number of aromatic nitrogens is 4. The number of aryl methyl sites for hydroxylation is 1. The summed E-state index contributed by atoms with van der Waals surface area (Å²) in [6, 6.07) is 5.51. The van der Waals surface area contributed by atoms with Gasteiger partial charge in [0.1, 0.15) is 23.8 Å². The van der Waals surface area contributed by atoms with Crippen molar-refractivity contribution in [2.45, 2.75) is 6.92 Å². The van der Waals surface area contributed by atoms with Gasteiger partial charge in [-0.25, -0.2) is 15.0 Å². The van der Waals surface area contributed by atoms with E-state index in [1.54, 1.807) is 12.3 Å². The largest absolute Gasteiger partial charge is 0.368 e. The number of imidazole rings is 1. The number of anilines is 1. The van der Waals surface area contributed by atoms with E-state index in [0.717, 1.165) is 11.6 Å². The van der Waals surface area contributed by atoms with Crippen molar-refractivity contribution >= 4 is 23.1 Å². The Morgan fingerprint density at radius 1 is 1.30 bits per heavy atom. The van der Waals surface area contributed by atoms with Gasteiger partial charge >= 0.3 is 0 Å². The van der Waals surface area contributed by atoms with Gasteiger partial charge < -0.3 is 10.6 Å². The molecule has 0 bridgehead atoms. The van der Waals surface area contributed by atoms with Crippen molar-refractivity contribution in [3.8, 4) is 5.82 Å². The van der Waals surface area contributed by atoms with Crippen molar-refractivity contribution in [2.24, 2.45) is 0 Å².